The summed E-state index contributed by atoms with van der Waals surface area (Å²) in [5.74, 6) is -0.530. The molecular formula is C11H9N3O2. The lowest BCUT2D eigenvalue weighted by atomic mass is 10.2. The second kappa shape index (κ2) is 4.97. The molecule has 1 aromatic heterocycles. The van der Waals surface area contributed by atoms with Crippen LogP contribution in [0.25, 0.3) is 0 Å². The molecule has 0 N–H and O–H groups in total. The van der Waals surface area contributed by atoms with Crippen molar-refractivity contribution in [2.45, 2.75) is 6.61 Å². The van der Waals surface area contributed by atoms with E-state index >= 15 is 0 Å². The number of aromatic nitrogens is 3. The standard InChI is InChI=1S/C11H9N3O2/c15-11(10-13-7-12-8-14-10)16-6-9-4-2-1-3-5-9/h1-5,7-8H,6H2. The number of carbonyl (C=O) groups excluding carboxylic acids is 1. The average Bonchev–Trinajstić information content (AvgIpc) is 2.38. The fraction of sp³-hybridized carbons (Fsp3) is 0.0909. The van der Waals surface area contributed by atoms with Crippen molar-refractivity contribution in [1.29, 1.82) is 0 Å². The van der Waals surface area contributed by atoms with Crippen molar-refractivity contribution in [1.82, 2.24) is 15.0 Å². The van der Waals surface area contributed by atoms with Crippen LogP contribution in [0.15, 0.2) is 43.0 Å². The first-order chi connectivity index (χ1) is 7.86. The number of ether oxygens (including phenoxy) is 1. The lowest BCUT2D eigenvalue weighted by Crippen LogP contribution is -2.09. The Morgan fingerprint density at radius 2 is 1.81 bits per heavy atom. The van der Waals surface area contributed by atoms with Crippen LogP contribution in [-0.2, 0) is 11.3 Å². The Morgan fingerprint density at radius 3 is 2.50 bits per heavy atom. The molecule has 16 heavy (non-hydrogen) atoms. The van der Waals surface area contributed by atoms with E-state index in [-0.39, 0.29) is 12.4 Å². The van der Waals surface area contributed by atoms with Gasteiger partial charge in [-0.05, 0) is 5.56 Å². The molecule has 5 heteroatoms. The maximum Gasteiger partial charge on any atom is 0.376 e. The first kappa shape index (κ1) is 10.2. The summed E-state index contributed by atoms with van der Waals surface area (Å²) in [6.45, 7) is 0.214. The van der Waals surface area contributed by atoms with Gasteiger partial charge in [-0.15, -0.1) is 0 Å². The highest BCUT2D eigenvalue weighted by molar-refractivity contribution is 5.84. The van der Waals surface area contributed by atoms with Crippen molar-refractivity contribution in [3.8, 4) is 0 Å². The highest BCUT2D eigenvalue weighted by Gasteiger charge is 2.09. The Kier molecular flexibility index (Phi) is 3.18. The molecule has 0 unspecified atom stereocenters. The maximum atomic E-state index is 11.4. The molecule has 0 radical (unpaired) electrons. The number of rotatable bonds is 3. The molecular weight excluding hydrogens is 206 g/mol. The molecule has 0 aliphatic heterocycles. The Morgan fingerprint density at radius 1 is 1.12 bits per heavy atom. The number of hydrogen-bond donors (Lipinski definition) is 0. The summed E-state index contributed by atoms with van der Waals surface area (Å²) in [5.41, 5.74) is 0.921. The van der Waals surface area contributed by atoms with E-state index < -0.39 is 5.97 Å². The van der Waals surface area contributed by atoms with Gasteiger partial charge < -0.3 is 4.74 Å². The molecule has 5 nitrogen and oxygen atoms in total. The summed E-state index contributed by atoms with van der Waals surface area (Å²) in [4.78, 5) is 22.4. The van der Waals surface area contributed by atoms with E-state index in [2.05, 4.69) is 15.0 Å². The summed E-state index contributed by atoms with van der Waals surface area (Å²) in [6, 6.07) is 9.41. The van der Waals surface area contributed by atoms with Gasteiger partial charge in [-0.3, -0.25) is 0 Å². The van der Waals surface area contributed by atoms with Crippen molar-refractivity contribution >= 4 is 5.97 Å². The molecule has 0 atom stereocenters. The SMILES string of the molecule is O=C(OCc1ccccc1)c1ncncn1. The largest absolute Gasteiger partial charge is 0.455 e. The van der Waals surface area contributed by atoms with E-state index in [4.69, 9.17) is 4.74 Å². The smallest absolute Gasteiger partial charge is 0.376 e. The number of carbonyl (C=O) groups is 1. The lowest BCUT2D eigenvalue weighted by molar-refractivity contribution is 0.0457. The zero-order valence-electron chi connectivity index (χ0n) is 8.41. The van der Waals surface area contributed by atoms with Crippen LogP contribution in [0.1, 0.15) is 16.2 Å². The van der Waals surface area contributed by atoms with Crippen LogP contribution in [0.2, 0.25) is 0 Å². The van der Waals surface area contributed by atoms with E-state index in [1.807, 2.05) is 30.3 Å². The topological polar surface area (TPSA) is 65.0 Å². The maximum absolute atomic E-state index is 11.4. The lowest BCUT2D eigenvalue weighted by Gasteiger charge is -2.02. The van der Waals surface area contributed by atoms with Crippen LogP contribution in [0, 0.1) is 0 Å². The number of benzene rings is 1. The summed E-state index contributed by atoms with van der Waals surface area (Å²) in [7, 11) is 0. The van der Waals surface area contributed by atoms with Crippen molar-refractivity contribution in [3.63, 3.8) is 0 Å². The number of esters is 1. The molecule has 0 fully saturated rings. The van der Waals surface area contributed by atoms with Gasteiger partial charge in [0, 0.05) is 0 Å². The van der Waals surface area contributed by atoms with Gasteiger partial charge in [-0.2, -0.15) is 0 Å². The summed E-state index contributed by atoms with van der Waals surface area (Å²) < 4.78 is 5.02. The minimum absolute atomic E-state index is 0.0194. The molecule has 0 saturated carbocycles. The van der Waals surface area contributed by atoms with E-state index in [9.17, 15) is 4.79 Å². The first-order valence-electron chi connectivity index (χ1n) is 4.69. The third kappa shape index (κ3) is 2.60. The van der Waals surface area contributed by atoms with E-state index in [0.717, 1.165) is 5.56 Å². The molecule has 2 aromatic rings. The van der Waals surface area contributed by atoms with E-state index in [1.54, 1.807) is 0 Å². The minimum Gasteiger partial charge on any atom is -0.455 e. The van der Waals surface area contributed by atoms with Gasteiger partial charge in [0.25, 0.3) is 0 Å². The van der Waals surface area contributed by atoms with Crippen molar-refractivity contribution in [3.05, 3.63) is 54.4 Å². The van der Waals surface area contributed by atoms with Crippen LogP contribution in [0.3, 0.4) is 0 Å². The molecule has 2 rings (SSSR count). The molecule has 0 aliphatic rings. The summed E-state index contributed by atoms with van der Waals surface area (Å²) in [6.07, 6.45) is 2.51. The van der Waals surface area contributed by atoms with Gasteiger partial charge >= 0.3 is 5.97 Å². The molecule has 0 amide bonds. The number of hydrogen-bond acceptors (Lipinski definition) is 5. The summed E-state index contributed by atoms with van der Waals surface area (Å²) in [5, 5.41) is 0. The van der Waals surface area contributed by atoms with Gasteiger partial charge in [0.1, 0.15) is 19.3 Å². The van der Waals surface area contributed by atoms with Crippen molar-refractivity contribution in [2.75, 3.05) is 0 Å². The van der Waals surface area contributed by atoms with Crippen molar-refractivity contribution < 1.29 is 9.53 Å². The normalized spacial score (nSPS) is 9.75. The predicted molar refractivity (Wildman–Crippen MR) is 55.4 cm³/mol. The Hall–Kier alpha value is -2.30. The first-order valence-corrected chi connectivity index (χ1v) is 4.69. The minimum atomic E-state index is -0.550. The second-order valence-electron chi connectivity index (χ2n) is 3.02. The number of nitrogens with zero attached hydrogens (tertiary/aromatic N) is 3. The van der Waals surface area contributed by atoms with Gasteiger partial charge in [-0.1, -0.05) is 30.3 Å². The highest BCUT2D eigenvalue weighted by atomic mass is 16.5. The Bertz CT molecular complexity index is 459. The van der Waals surface area contributed by atoms with Crippen LogP contribution < -0.4 is 0 Å². The quantitative estimate of drug-likeness (QED) is 0.720. The molecule has 80 valence electrons. The molecule has 1 aromatic carbocycles. The fourth-order valence-electron chi connectivity index (χ4n) is 1.13. The van der Waals surface area contributed by atoms with Gasteiger partial charge in [-0.25, -0.2) is 19.7 Å². The van der Waals surface area contributed by atoms with Crippen LogP contribution in [-0.4, -0.2) is 20.9 Å². The molecule has 0 spiro atoms. The third-order valence-corrected chi connectivity index (χ3v) is 1.89. The highest BCUT2D eigenvalue weighted by Crippen LogP contribution is 2.02. The zero-order valence-corrected chi connectivity index (χ0v) is 8.41. The fourth-order valence-corrected chi connectivity index (χ4v) is 1.13. The van der Waals surface area contributed by atoms with Gasteiger partial charge in [0.2, 0.25) is 5.82 Å². The predicted octanol–water partition coefficient (Wildman–Crippen LogP) is 1.23. The van der Waals surface area contributed by atoms with Crippen molar-refractivity contribution in [2.24, 2.45) is 0 Å². The Labute approximate surface area is 92.2 Å². The van der Waals surface area contributed by atoms with Crippen LogP contribution in [0.5, 0.6) is 0 Å². The monoisotopic (exact) mass is 215 g/mol. The molecule has 0 bridgehead atoms. The average molecular weight is 215 g/mol. The third-order valence-electron chi connectivity index (χ3n) is 1.89. The molecule has 1 heterocycles. The second-order valence-corrected chi connectivity index (χ2v) is 3.02. The summed E-state index contributed by atoms with van der Waals surface area (Å²) >= 11 is 0. The van der Waals surface area contributed by atoms with Crippen LogP contribution in [0.4, 0.5) is 0 Å². The Balaban J connectivity index is 1.95. The zero-order chi connectivity index (χ0) is 11.2. The van der Waals surface area contributed by atoms with Gasteiger partial charge in [0.15, 0.2) is 0 Å². The van der Waals surface area contributed by atoms with E-state index in [0.29, 0.717) is 0 Å². The van der Waals surface area contributed by atoms with E-state index in [1.165, 1.54) is 12.7 Å². The van der Waals surface area contributed by atoms with Gasteiger partial charge in [0.05, 0.1) is 0 Å². The van der Waals surface area contributed by atoms with Crippen LogP contribution >= 0.6 is 0 Å². The molecule has 0 aliphatic carbocycles. The molecule has 0 saturated heterocycles.